The predicted molar refractivity (Wildman–Crippen MR) is 151 cm³/mol. The summed E-state index contributed by atoms with van der Waals surface area (Å²) in [5.41, 5.74) is 3.81. The molecule has 0 N–H and O–H groups in total. The Morgan fingerprint density at radius 1 is 0.946 bits per heavy atom. The van der Waals surface area contributed by atoms with E-state index in [9.17, 15) is 9.59 Å². The van der Waals surface area contributed by atoms with Gasteiger partial charge in [0.25, 0.3) is 5.91 Å². The van der Waals surface area contributed by atoms with Crippen molar-refractivity contribution >= 4 is 46.6 Å². The largest absolute Gasteiger partial charge is 0.295 e. The van der Waals surface area contributed by atoms with Gasteiger partial charge >= 0.3 is 0 Å². The van der Waals surface area contributed by atoms with Gasteiger partial charge < -0.3 is 0 Å². The second-order valence-electron chi connectivity index (χ2n) is 10.2. The number of fused-ring (bicyclic) bond motifs is 2. The van der Waals surface area contributed by atoms with Crippen molar-refractivity contribution in [1.82, 2.24) is 4.90 Å². The first-order chi connectivity index (χ1) is 18.0. The lowest BCUT2D eigenvalue weighted by Crippen LogP contribution is -2.52. The Bertz CT molecular complexity index is 1330. The molecule has 3 aliphatic rings. The number of likely N-dealkylation sites (tertiary alicyclic amines) is 1. The topological polar surface area (TPSA) is 43.9 Å². The van der Waals surface area contributed by atoms with Gasteiger partial charge in [-0.1, -0.05) is 66.2 Å². The van der Waals surface area contributed by atoms with Crippen LogP contribution >= 0.6 is 23.4 Å². The van der Waals surface area contributed by atoms with Crippen LogP contribution in [0.25, 0.3) is 0 Å². The Morgan fingerprint density at radius 2 is 1.68 bits per heavy atom. The molecular formula is C30H30ClN3O2S. The molecule has 3 aromatic carbocycles. The second kappa shape index (κ2) is 9.82. The molecule has 5 nitrogen and oxygen atoms in total. The monoisotopic (exact) mass is 531 g/mol. The van der Waals surface area contributed by atoms with Crippen LogP contribution in [0.4, 0.5) is 11.4 Å². The number of amides is 2. The van der Waals surface area contributed by atoms with Gasteiger partial charge in [0.05, 0.1) is 17.6 Å². The highest BCUT2D eigenvalue weighted by molar-refractivity contribution is 8.03. The Labute approximate surface area is 227 Å². The number of hydrogen-bond acceptors (Lipinski definition) is 4. The molecule has 0 unspecified atom stereocenters. The normalized spacial score (nSPS) is 24.3. The van der Waals surface area contributed by atoms with Crippen LogP contribution in [0, 0.1) is 5.92 Å². The highest BCUT2D eigenvalue weighted by Gasteiger charge is 2.63. The molecule has 190 valence electrons. The molecule has 0 bridgehead atoms. The molecule has 0 saturated carbocycles. The third-order valence-corrected chi connectivity index (χ3v) is 9.52. The van der Waals surface area contributed by atoms with Gasteiger partial charge in [0.15, 0.2) is 0 Å². The van der Waals surface area contributed by atoms with E-state index in [4.69, 9.17) is 11.6 Å². The Hall–Kier alpha value is -2.80. The Kier molecular flexibility index (Phi) is 6.51. The van der Waals surface area contributed by atoms with Gasteiger partial charge in [-0.2, -0.15) is 0 Å². The number of nitrogens with zero attached hydrogens (tertiary/aromatic N) is 3. The van der Waals surface area contributed by atoms with Crippen LogP contribution in [0.3, 0.4) is 0 Å². The van der Waals surface area contributed by atoms with Crippen molar-refractivity contribution in [3.8, 4) is 0 Å². The van der Waals surface area contributed by atoms with Crippen molar-refractivity contribution in [2.75, 3.05) is 29.6 Å². The summed E-state index contributed by atoms with van der Waals surface area (Å²) in [7, 11) is 0. The summed E-state index contributed by atoms with van der Waals surface area (Å²) in [6, 6.07) is 25.9. The fraction of sp³-hybridized carbons (Fsp3) is 0.333. The van der Waals surface area contributed by atoms with Crippen LogP contribution in [0.5, 0.6) is 0 Å². The van der Waals surface area contributed by atoms with E-state index in [1.165, 1.54) is 17.3 Å². The summed E-state index contributed by atoms with van der Waals surface area (Å²) in [5.74, 6) is 0.538. The number of para-hydroxylation sites is 1. The summed E-state index contributed by atoms with van der Waals surface area (Å²) >= 11 is 7.75. The van der Waals surface area contributed by atoms with E-state index < -0.39 is 4.87 Å². The van der Waals surface area contributed by atoms with Crippen LogP contribution in [0.15, 0.2) is 78.9 Å². The third kappa shape index (κ3) is 4.25. The number of benzene rings is 3. The van der Waals surface area contributed by atoms with E-state index in [1.807, 2.05) is 48.2 Å². The van der Waals surface area contributed by atoms with Crippen molar-refractivity contribution in [3.63, 3.8) is 0 Å². The molecule has 0 aliphatic carbocycles. The summed E-state index contributed by atoms with van der Waals surface area (Å²) in [4.78, 5) is 32.7. The van der Waals surface area contributed by atoms with Crippen LogP contribution in [-0.4, -0.2) is 41.7 Å². The van der Waals surface area contributed by atoms with Crippen molar-refractivity contribution in [3.05, 3.63) is 95.0 Å². The van der Waals surface area contributed by atoms with Crippen LogP contribution in [0.2, 0.25) is 5.02 Å². The number of carbonyl (C=O) groups is 2. The summed E-state index contributed by atoms with van der Waals surface area (Å²) in [5, 5.41) is 0.198. The predicted octanol–water partition coefficient (Wildman–Crippen LogP) is 5.92. The molecule has 6 rings (SSSR count). The van der Waals surface area contributed by atoms with E-state index in [-0.39, 0.29) is 17.1 Å². The van der Waals surface area contributed by atoms with Gasteiger partial charge in [-0.05, 0) is 61.9 Å². The van der Waals surface area contributed by atoms with E-state index in [0.717, 1.165) is 43.6 Å². The molecule has 2 saturated heterocycles. The SMILES string of the molecule is C[C@H]1S[C@@]2(C(=O)N(CN3CCC(Cc4ccccc4)CC3)c3ccccc32)N(c2cccc(Cl)c2)C1=O. The summed E-state index contributed by atoms with van der Waals surface area (Å²) in [6.07, 6.45) is 3.33. The van der Waals surface area contributed by atoms with Gasteiger partial charge in [-0.15, -0.1) is 11.8 Å². The van der Waals surface area contributed by atoms with Crippen LogP contribution in [-0.2, 0) is 20.9 Å². The van der Waals surface area contributed by atoms with Gasteiger partial charge in [-0.3, -0.25) is 24.3 Å². The number of carbonyl (C=O) groups excluding carboxylic acids is 2. The molecule has 1 spiro atoms. The minimum atomic E-state index is -1.12. The molecule has 2 atom stereocenters. The number of anilines is 2. The van der Waals surface area contributed by atoms with Crippen molar-refractivity contribution in [2.45, 2.75) is 36.3 Å². The Morgan fingerprint density at radius 3 is 2.43 bits per heavy atom. The molecular weight excluding hydrogens is 502 g/mol. The lowest BCUT2D eigenvalue weighted by atomic mass is 9.90. The fourth-order valence-corrected chi connectivity index (χ4v) is 7.69. The second-order valence-corrected chi connectivity index (χ2v) is 12.2. The van der Waals surface area contributed by atoms with Crippen LogP contribution in [0.1, 0.15) is 30.9 Å². The summed E-state index contributed by atoms with van der Waals surface area (Å²) in [6.45, 7) is 4.32. The lowest BCUT2D eigenvalue weighted by molar-refractivity contribution is -0.124. The minimum Gasteiger partial charge on any atom is -0.295 e. The summed E-state index contributed by atoms with van der Waals surface area (Å²) < 4.78 is 0. The maximum atomic E-state index is 14.4. The number of hydrogen-bond donors (Lipinski definition) is 0. The Balaban J connectivity index is 1.26. The van der Waals surface area contributed by atoms with Crippen LogP contribution < -0.4 is 9.80 Å². The standard InChI is InChI=1S/C30H30ClN3O2S/c1-21-28(35)34(25-11-7-10-24(31)19-25)30(37-21)26-12-5-6-13-27(26)33(29(30)36)20-32-16-14-23(15-17-32)18-22-8-3-2-4-9-22/h2-13,19,21,23H,14-18,20H2,1H3/t21-,30+/m1/s1. The minimum absolute atomic E-state index is 0.0530. The first-order valence-corrected chi connectivity index (χ1v) is 14.2. The zero-order valence-corrected chi connectivity index (χ0v) is 22.4. The molecule has 3 heterocycles. The van der Waals surface area contributed by atoms with Gasteiger partial charge in [-0.25, -0.2) is 0 Å². The smallest absolute Gasteiger partial charge is 0.269 e. The average molecular weight is 532 g/mol. The number of halogens is 1. The zero-order valence-electron chi connectivity index (χ0n) is 20.8. The maximum Gasteiger partial charge on any atom is 0.269 e. The van der Waals surface area contributed by atoms with E-state index in [2.05, 4.69) is 35.2 Å². The molecule has 0 aromatic heterocycles. The first kappa shape index (κ1) is 24.5. The van der Waals surface area contributed by atoms with Gasteiger partial charge in [0, 0.05) is 29.4 Å². The average Bonchev–Trinajstić information content (AvgIpc) is 3.31. The molecule has 2 amide bonds. The van der Waals surface area contributed by atoms with E-state index >= 15 is 0 Å². The van der Waals surface area contributed by atoms with Crippen molar-refractivity contribution < 1.29 is 9.59 Å². The molecule has 2 fully saturated rings. The molecule has 7 heteroatoms. The maximum absolute atomic E-state index is 14.4. The number of rotatable bonds is 5. The van der Waals surface area contributed by atoms with Gasteiger partial charge in [0.2, 0.25) is 10.8 Å². The third-order valence-electron chi connectivity index (χ3n) is 7.81. The number of thioether (sulfide) groups is 1. The highest BCUT2D eigenvalue weighted by atomic mass is 35.5. The van der Waals surface area contributed by atoms with Crippen molar-refractivity contribution in [1.29, 1.82) is 0 Å². The number of piperidine rings is 1. The van der Waals surface area contributed by atoms with Gasteiger partial charge in [0.1, 0.15) is 0 Å². The quantitative estimate of drug-likeness (QED) is 0.410. The first-order valence-electron chi connectivity index (χ1n) is 12.9. The lowest BCUT2D eigenvalue weighted by Gasteiger charge is -2.36. The molecule has 0 radical (unpaired) electrons. The fourth-order valence-electron chi connectivity index (χ4n) is 5.97. The highest BCUT2D eigenvalue weighted by Crippen LogP contribution is 2.57. The molecule has 3 aromatic rings. The van der Waals surface area contributed by atoms with E-state index in [1.54, 1.807) is 17.0 Å². The van der Waals surface area contributed by atoms with E-state index in [0.29, 0.717) is 23.3 Å². The molecule has 37 heavy (non-hydrogen) atoms. The molecule has 3 aliphatic heterocycles. The zero-order chi connectivity index (χ0) is 25.6. The van der Waals surface area contributed by atoms with Crippen molar-refractivity contribution in [2.24, 2.45) is 5.92 Å².